The highest BCUT2D eigenvalue weighted by molar-refractivity contribution is 9.10. The largest absolute Gasteiger partial charge is 0.325 e. The lowest BCUT2D eigenvalue weighted by Crippen LogP contribution is -2.32. The summed E-state index contributed by atoms with van der Waals surface area (Å²) in [6.07, 6.45) is 0. The first-order chi connectivity index (χ1) is 10.4. The highest BCUT2D eigenvalue weighted by Crippen LogP contribution is 2.16. The highest BCUT2D eigenvalue weighted by atomic mass is 79.9. The van der Waals surface area contributed by atoms with E-state index in [4.69, 9.17) is 0 Å². The van der Waals surface area contributed by atoms with Crippen molar-refractivity contribution in [2.75, 3.05) is 11.9 Å². The Morgan fingerprint density at radius 3 is 2.32 bits per heavy atom. The third kappa shape index (κ3) is 4.91. The maximum atomic E-state index is 12.0. The number of carbonyl (C=O) groups is 1. The Morgan fingerprint density at radius 2 is 1.68 bits per heavy atom. The highest BCUT2D eigenvalue weighted by Gasteiger charge is 2.15. The van der Waals surface area contributed by atoms with E-state index in [9.17, 15) is 13.2 Å². The van der Waals surface area contributed by atoms with Gasteiger partial charge < -0.3 is 5.32 Å². The molecule has 0 bridgehead atoms. The van der Waals surface area contributed by atoms with Gasteiger partial charge in [0.25, 0.3) is 0 Å². The standard InChI is InChI=1S/C14H12Br2N2O3S/c15-10-4-6-13(7-5-10)22(20,21)17-9-14(19)18-12-3-1-2-11(16)8-12/h1-8,17H,9H2,(H,18,19). The molecule has 2 rings (SSSR count). The van der Waals surface area contributed by atoms with Crippen molar-refractivity contribution < 1.29 is 13.2 Å². The predicted molar refractivity (Wildman–Crippen MR) is 92.1 cm³/mol. The fourth-order valence-corrected chi connectivity index (χ4v) is 3.27. The summed E-state index contributed by atoms with van der Waals surface area (Å²) in [5, 5.41) is 2.61. The number of rotatable bonds is 5. The Morgan fingerprint density at radius 1 is 1.00 bits per heavy atom. The number of halogens is 2. The lowest BCUT2D eigenvalue weighted by Gasteiger charge is -2.08. The molecule has 2 aromatic carbocycles. The molecule has 2 aromatic rings. The molecule has 0 aliphatic rings. The van der Waals surface area contributed by atoms with Crippen molar-refractivity contribution in [1.82, 2.24) is 4.72 Å². The van der Waals surface area contributed by atoms with Crippen LogP contribution < -0.4 is 10.0 Å². The number of sulfonamides is 1. The quantitative estimate of drug-likeness (QED) is 0.739. The van der Waals surface area contributed by atoms with Gasteiger partial charge in [0.1, 0.15) is 0 Å². The molecule has 0 saturated carbocycles. The van der Waals surface area contributed by atoms with Gasteiger partial charge in [-0.2, -0.15) is 0 Å². The van der Waals surface area contributed by atoms with Crippen LogP contribution in [-0.4, -0.2) is 20.9 Å². The maximum Gasteiger partial charge on any atom is 0.241 e. The Kier molecular flexibility index (Phi) is 5.74. The second kappa shape index (κ2) is 7.36. The van der Waals surface area contributed by atoms with E-state index in [2.05, 4.69) is 41.9 Å². The third-order valence-electron chi connectivity index (χ3n) is 2.66. The number of hydrogen-bond acceptors (Lipinski definition) is 3. The maximum absolute atomic E-state index is 12.0. The van der Waals surface area contributed by atoms with E-state index in [1.54, 1.807) is 30.3 Å². The lowest BCUT2D eigenvalue weighted by molar-refractivity contribution is -0.115. The molecule has 0 fully saturated rings. The molecule has 0 aliphatic heterocycles. The van der Waals surface area contributed by atoms with Crippen molar-refractivity contribution in [2.24, 2.45) is 0 Å². The van der Waals surface area contributed by atoms with Gasteiger partial charge in [0.15, 0.2) is 0 Å². The number of nitrogens with one attached hydrogen (secondary N) is 2. The molecule has 0 aromatic heterocycles. The van der Waals surface area contributed by atoms with Crippen molar-refractivity contribution in [3.05, 3.63) is 57.5 Å². The van der Waals surface area contributed by atoms with E-state index < -0.39 is 15.9 Å². The summed E-state index contributed by atoms with van der Waals surface area (Å²) >= 11 is 6.53. The first-order valence-corrected chi connectivity index (χ1v) is 9.24. The minimum atomic E-state index is -3.71. The second-order valence-electron chi connectivity index (χ2n) is 4.34. The monoisotopic (exact) mass is 446 g/mol. The minimum absolute atomic E-state index is 0.103. The predicted octanol–water partition coefficient (Wildman–Crippen LogP) is 3.13. The lowest BCUT2D eigenvalue weighted by atomic mass is 10.3. The van der Waals surface area contributed by atoms with Crippen LogP contribution in [0.5, 0.6) is 0 Å². The Bertz CT molecular complexity index is 777. The first-order valence-electron chi connectivity index (χ1n) is 6.17. The average Bonchev–Trinajstić information content (AvgIpc) is 2.46. The molecule has 0 radical (unpaired) electrons. The van der Waals surface area contributed by atoms with Gasteiger partial charge >= 0.3 is 0 Å². The van der Waals surface area contributed by atoms with E-state index in [0.29, 0.717) is 5.69 Å². The summed E-state index contributed by atoms with van der Waals surface area (Å²) in [5.74, 6) is -0.446. The van der Waals surface area contributed by atoms with Crippen LogP contribution in [0, 0.1) is 0 Å². The van der Waals surface area contributed by atoms with Crippen LogP contribution in [0.25, 0.3) is 0 Å². The average molecular weight is 448 g/mol. The van der Waals surface area contributed by atoms with E-state index in [1.807, 2.05) is 6.07 Å². The molecular formula is C14H12Br2N2O3S. The molecule has 1 amide bonds. The fourth-order valence-electron chi connectivity index (χ4n) is 1.63. The van der Waals surface area contributed by atoms with Gasteiger partial charge in [-0.25, -0.2) is 13.1 Å². The molecule has 116 valence electrons. The Hall–Kier alpha value is -1.22. The number of hydrogen-bond donors (Lipinski definition) is 2. The van der Waals surface area contributed by atoms with E-state index in [-0.39, 0.29) is 11.4 Å². The zero-order valence-electron chi connectivity index (χ0n) is 11.2. The topological polar surface area (TPSA) is 75.3 Å². The molecule has 0 heterocycles. The van der Waals surface area contributed by atoms with Crippen molar-refractivity contribution in [3.8, 4) is 0 Å². The number of anilines is 1. The molecule has 0 unspecified atom stereocenters. The SMILES string of the molecule is O=C(CNS(=O)(=O)c1ccc(Br)cc1)Nc1cccc(Br)c1. The van der Waals surface area contributed by atoms with Crippen LogP contribution in [0.1, 0.15) is 0 Å². The number of carbonyl (C=O) groups excluding carboxylic acids is 1. The van der Waals surface area contributed by atoms with Gasteiger partial charge in [0.05, 0.1) is 11.4 Å². The Labute approximate surface area is 145 Å². The molecule has 22 heavy (non-hydrogen) atoms. The van der Waals surface area contributed by atoms with E-state index in [0.717, 1.165) is 8.95 Å². The fraction of sp³-hybridized carbons (Fsp3) is 0.0714. The van der Waals surface area contributed by atoms with Gasteiger partial charge in [-0.15, -0.1) is 0 Å². The smallest absolute Gasteiger partial charge is 0.241 e. The molecule has 8 heteroatoms. The summed E-state index contributed by atoms with van der Waals surface area (Å²) in [6, 6.07) is 13.2. The van der Waals surface area contributed by atoms with Crippen LogP contribution in [0.4, 0.5) is 5.69 Å². The van der Waals surface area contributed by atoms with Gasteiger partial charge in [-0.1, -0.05) is 37.9 Å². The van der Waals surface area contributed by atoms with Crippen LogP contribution in [0.3, 0.4) is 0 Å². The van der Waals surface area contributed by atoms with Crippen LogP contribution in [-0.2, 0) is 14.8 Å². The van der Waals surface area contributed by atoms with Gasteiger partial charge in [0, 0.05) is 14.6 Å². The van der Waals surface area contributed by atoms with Crippen molar-refractivity contribution in [2.45, 2.75) is 4.90 Å². The number of benzene rings is 2. The molecular weight excluding hydrogens is 436 g/mol. The molecule has 2 N–H and O–H groups in total. The van der Waals surface area contributed by atoms with Gasteiger partial charge in [0.2, 0.25) is 15.9 Å². The molecule has 0 atom stereocenters. The molecule has 0 spiro atoms. The molecule has 5 nitrogen and oxygen atoms in total. The summed E-state index contributed by atoms with van der Waals surface area (Å²) in [4.78, 5) is 11.9. The third-order valence-corrected chi connectivity index (χ3v) is 5.09. The minimum Gasteiger partial charge on any atom is -0.325 e. The van der Waals surface area contributed by atoms with Crippen LogP contribution in [0.2, 0.25) is 0 Å². The summed E-state index contributed by atoms with van der Waals surface area (Å²) in [5.41, 5.74) is 0.585. The van der Waals surface area contributed by atoms with Crippen molar-refractivity contribution in [1.29, 1.82) is 0 Å². The zero-order chi connectivity index (χ0) is 16.2. The van der Waals surface area contributed by atoms with Gasteiger partial charge in [-0.3, -0.25) is 4.79 Å². The molecule has 0 aliphatic carbocycles. The number of amides is 1. The van der Waals surface area contributed by atoms with Crippen LogP contribution in [0.15, 0.2) is 62.4 Å². The second-order valence-corrected chi connectivity index (χ2v) is 7.94. The summed E-state index contributed by atoms with van der Waals surface area (Å²) in [7, 11) is -3.71. The van der Waals surface area contributed by atoms with Gasteiger partial charge in [-0.05, 0) is 42.5 Å². The van der Waals surface area contributed by atoms with E-state index >= 15 is 0 Å². The first kappa shape index (κ1) is 17.1. The van der Waals surface area contributed by atoms with E-state index in [1.165, 1.54) is 12.1 Å². The normalized spacial score (nSPS) is 11.2. The van der Waals surface area contributed by atoms with Crippen molar-refractivity contribution in [3.63, 3.8) is 0 Å². The summed E-state index contributed by atoms with van der Waals surface area (Å²) < 4.78 is 27.9. The Balaban J connectivity index is 1.97. The molecule has 0 saturated heterocycles. The summed E-state index contributed by atoms with van der Waals surface area (Å²) in [6.45, 7) is -0.342. The van der Waals surface area contributed by atoms with Crippen LogP contribution >= 0.6 is 31.9 Å². The zero-order valence-corrected chi connectivity index (χ0v) is 15.2. The van der Waals surface area contributed by atoms with Crippen molar-refractivity contribution >= 4 is 53.5 Å².